The molecule has 6 nitrogen and oxygen atoms in total. The SMILES string of the molecule is COc1cc(C(=O)Nc2ccc(-n3cccn3)c(F)c2)ccc1OC(C)C. The van der Waals surface area contributed by atoms with Crippen molar-refractivity contribution in [3.05, 3.63) is 66.2 Å². The molecule has 7 heteroatoms. The van der Waals surface area contributed by atoms with Gasteiger partial charge in [-0.1, -0.05) is 0 Å². The third-order valence-corrected chi connectivity index (χ3v) is 3.75. The minimum atomic E-state index is -0.491. The summed E-state index contributed by atoms with van der Waals surface area (Å²) < 4.78 is 26.7. The third kappa shape index (κ3) is 4.25. The molecule has 3 rings (SSSR count). The van der Waals surface area contributed by atoms with Crippen LogP contribution in [0.1, 0.15) is 24.2 Å². The largest absolute Gasteiger partial charge is 0.493 e. The van der Waals surface area contributed by atoms with Gasteiger partial charge in [-0.15, -0.1) is 0 Å². The van der Waals surface area contributed by atoms with Gasteiger partial charge < -0.3 is 14.8 Å². The topological polar surface area (TPSA) is 65.4 Å². The summed E-state index contributed by atoms with van der Waals surface area (Å²) in [5.41, 5.74) is 1.02. The number of rotatable bonds is 6. The lowest BCUT2D eigenvalue weighted by molar-refractivity contribution is 0.102. The summed E-state index contributed by atoms with van der Waals surface area (Å²) in [5.74, 6) is 0.139. The normalized spacial score (nSPS) is 10.7. The van der Waals surface area contributed by atoms with Gasteiger partial charge in [0, 0.05) is 23.6 Å². The van der Waals surface area contributed by atoms with E-state index in [1.54, 1.807) is 48.8 Å². The highest BCUT2D eigenvalue weighted by Crippen LogP contribution is 2.29. The Labute approximate surface area is 156 Å². The highest BCUT2D eigenvalue weighted by Gasteiger charge is 2.13. The van der Waals surface area contributed by atoms with Crippen molar-refractivity contribution in [2.45, 2.75) is 20.0 Å². The van der Waals surface area contributed by atoms with Crippen molar-refractivity contribution in [1.82, 2.24) is 9.78 Å². The van der Waals surface area contributed by atoms with E-state index in [1.807, 2.05) is 13.8 Å². The molecule has 0 aliphatic carbocycles. The Hall–Kier alpha value is -3.35. The number of carbonyl (C=O) groups is 1. The number of nitrogens with zero attached hydrogens (tertiary/aromatic N) is 2. The Morgan fingerprint density at radius 2 is 2.00 bits per heavy atom. The van der Waals surface area contributed by atoms with Crippen LogP contribution in [0.25, 0.3) is 5.69 Å². The molecule has 1 amide bonds. The smallest absolute Gasteiger partial charge is 0.255 e. The molecule has 0 radical (unpaired) electrons. The summed E-state index contributed by atoms with van der Waals surface area (Å²) in [6.45, 7) is 3.81. The molecule has 0 fully saturated rings. The number of hydrogen-bond donors (Lipinski definition) is 1. The van der Waals surface area contributed by atoms with Gasteiger partial charge in [0.2, 0.25) is 0 Å². The number of halogens is 1. The van der Waals surface area contributed by atoms with Gasteiger partial charge in [-0.25, -0.2) is 9.07 Å². The summed E-state index contributed by atoms with van der Waals surface area (Å²) in [6, 6.07) is 11.0. The van der Waals surface area contributed by atoms with Crippen LogP contribution in [0.3, 0.4) is 0 Å². The number of nitrogens with one attached hydrogen (secondary N) is 1. The number of benzene rings is 2. The van der Waals surface area contributed by atoms with Gasteiger partial charge in [0.25, 0.3) is 5.91 Å². The van der Waals surface area contributed by atoms with Gasteiger partial charge in [-0.05, 0) is 56.3 Å². The predicted molar refractivity (Wildman–Crippen MR) is 100 cm³/mol. The zero-order valence-corrected chi connectivity index (χ0v) is 15.3. The Bertz CT molecular complexity index is 940. The second-order valence-electron chi connectivity index (χ2n) is 6.10. The van der Waals surface area contributed by atoms with Crippen molar-refractivity contribution in [2.75, 3.05) is 12.4 Å². The molecule has 0 atom stereocenters. The van der Waals surface area contributed by atoms with E-state index in [0.717, 1.165) is 0 Å². The Balaban J connectivity index is 1.78. The fourth-order valence-corrected chi connectivity index (χ4v) is 2.55. The van der Waals surface area contributed by atoms with E-state index in [2.05, 4.69) is 10.4 Å². The van der Waals surface area contributed by atoms with Gasteiger partial charge >= 0.3 is 0 Å². The highest BCUT2D eigenvalue weighted by molar-refractivity contribution is 6.04. The molecule has 0 aliphatic heterocycles. The molecular formula is C20H20FN3O3. The van der Waals surface area contributed by atoms with Crippen molar-refractivity contribution in [3.8, 4) is 17.2 Å². The molecule has 2 aromatic carbocycles. The van der Waals surface area contributed by atoms with Crippen LogP contribution in [0.15, 0.2) is 54.9 Å². The van der Waals surface area contributed by atoms with Crippen LogP contribution in [-0.2, 0) is 0 Å². The summed E-state index contributed by atoms with van der Waals surface area (Å²) in [4.78, 5) is 12.5. The monoisotopic (exact) mass is 369 g/mol. The van der Waals surface area contributed by atoms with Gasteiger partial charge in [0.1, 0.15) is 5.69 Å². The number of amides is 1. The lowest BCUT2D eigenvalue weighted by atomic mass is 10.1. The summed E-state index contributed by atoms with van der Waals surface area (Å²) in [5, 5.41) is 6.67. The summed E-state index contributed by atoms with van der Waals surface area (Å²) >= 11 is 0. The molecule has 140 valence electrons. The molecule has 0 saturated carbocycles. The van der Waals surface area contributed by atoms with Crippen LogP contribution in [0.2, 0.25) is 0 Å². The van der Waals surface area contributed by atoms with E-state index < -0.39 is 5.82 Å². The first-order valence-corrected chi connectivity index (χ1v) is 8.43. The van der Waals surface area contributed by atoms with Crippen LogP contribution in [0, 0.1) is 5.82 Å². The van der Waals surface area contributed by atoms with Crippen LogP contribution >= 0.6 is 0 Å². The van der Waals surface area contributed by atoms with Crippen molar-refractivity contribution >= 4 is 11.6 Å². The molecular weight excluding hydrogens is 349 g/mol. The van der Waals surface area contributed by atoms with Gasteiger partial charge in [0.05, 0.1) is 13.2 Å². The minimum Gasteiger partial charge on any atom is -0.493 e. The second-order valence-corrected chi connectivity index (χ2v) is 6.10. The fourth-order valence-electron chi connectivity index (χ4n) is 2.55. The molecule has 27 heavy (non-hydrogen) atoms. The molecule has 1 heterocycles. The van der Waals surface area contributed by atoms with E-state index >= 15 is 0 Å². The molecule has 0 spiro atoms. The first-order valence-electron chi connectivity index (χ1n) is 8.43. The maximum Gasteiger partial charge on any atom is 0.255 e. The molecule has 1 N–H and O–H groups in total. The number of carbonyl (C=O) groups excluding carboxylic acids is 1. The molecule has 1 aromatic heterocycles. The average Bonchev–Trinajstić information content (AvgIpc) is 3.16. The highest BCUT2D eigenvalue weighted by atomic mass is 19.1. The Morgan fingerprint density at radius 1 is 1.19 bits per heavy atom. The minimum absolute atomic E-state index is 0.0187. The maximum absolute atomic E-state index is 14.3. The van der Waals surface area contributed by atoms with Crippen LogP contribution in [0.5, 0.6) is 11.5 Å². The van der Waals surface area contributed by atoms with Gasteiger partial charge in [-0.3, -0.25) is 4.79 Å². The number of hydrogen-bond acceptors (Lipinski definition) is 4. The molecule has 0 aliphatic rings. The van der Waals surface area contributed by atoms with E-state index in [4.69, 9.17) is 9.47 Å². The van der Waals surface area contributed by atoms with Crippen molar-refractivity contribution in [3.63, 3.8) is 0 Å². The number of aromatic nitrogens is 2. The average molecular weight is 369 g/mol. The quantitative estimate of drug-likeness (QED) is 0.712. The van der Waals surface area contributed by atoms with Gasteiger partial charge in [-0.2, -0.15) is 5.10 Å². The van der Waals surface area contributed by atoms with E-state index in [-0.39, 0.29) is 12.0 Å². The number of anilines is 1. The standard InChI is InChI=1S/C20H20FN3O3/c1-13(2)27-18-8-5-14(11-19(18)26-3)20(25)23-15-6-7-17(16(21)12-15)24-10-4-9-22-24/h4-13H,1-3H3,(H,23,25). The first kappa shape index (κ1) is 18.4. The van der Waals surface area contributed by atoms with Crippen LogP contribution in [-0.4, -0.2) is 28.9 Å². The molecule has 0 saturated heterocycles. The van der Waals surface area contributed by atoms with Crippen molar-refractivity contribution in [2.24, 2.45) is 0 Å². The lowest BCUT2D eigenvalue weighted by Gasteiger charge is -2.14. The fraction of sp³-hybridized carbons (Fsp3) is 0.200. The zero-order chi connectivity index (χ0) is 19.4. The van der Waals surface area contributed by atoms with E-state index in [0.29, 0.717) is 28.4 Å². The molecule has 0 bridgehead atoms. The molecule has 3 aromatic rings. The van der Waals surface area contributed by atoms with Crippen LogP contribution in [0.4, 0.5) is 10.1 Å². The van der Waals surface area contributed by atoms with E-state index in [9.17, 15) is 9.18 Å². The predicted octanol–water partition coefficient (Wildman–Crippen LogP) is 4.06. The van der Waals surface area contributed by atoms with Crippen LogP contribution < -0.4 is 14.8 Å². The number of ether oxygens (including phenoxy) is 2. The lowest BCUT2D eigenvalue weighted by Crippen LogP contribution is -2.13. The summed E-state index contributed by atoms with van der Waals surface area (Å²) in [6.07, 6.45) is 3.19. The van der Waals surface area contributed by atoms with Gasteiger partial charge in [0.15, 0.2) is 17.3 Å². The van der Waals surface area contributed by atoms with Crippen molar-refractivity contribution < 1.29 is 18.7 Å². The Kier molecular flexibility index (Phi) is 5.40. The number of methoxy groups -OCH3 is 1. The van der Waals surface area contributed by atoms with Crippen molar-refractivity contribution in [1.29, 1.82) is 0 Å². The zero-order valence-electron chi connectivity index (χ0n) is 15.3. The van der Waals surface area contributed by atoms with E-state index in [1.165, 1.54) is 17.9 Å². The first-order chi connectivity index (χ1) is 13.0. The maximum atomic E-state index is 14.3. The molecule has 0 unspecified atom stereocenters. The second kappa shape index (κ2) is 7.90. The third-order valence-electron chi connectivity index (χ3n) is 3.75. The summed E-state index contributed by atoms with van der Waals surface area (Å²) in [7, 11) is 1.51. The Morgan fingerprint density at radius 3 is 2.63 bits per heavy atom.